The Morgan fingerprint density at radius 3 is 2.87 bits per heavy atom. The van der Waals surface area contributed by atoms with E-state index < -0.39 is 0 Å². The SMILES string of the molecule is COCC(=O)N1CCOC2(CN(CCOC3CCCCO3)C2)C1. The van der Waals surface area contributed by atoms with Gasteiger partial charge in [-0.15, -0.1) is 0 Å². The predicted octanol–water partition coefficient (Wildman–Crippen LogP) is 0.0892. The van der Waals surface area contributed by atoms with Crippen LogP contribution in [0.15, 0.2) is 0 Å². The van der Waals surface area contributed by atoms with Gasteiger partial charge in [-0.2, -0.15) is 0 Å². The fourth-order valence-corrected chi connectivity index (χ4v) is 3.55. The topological polar surface area (TPSA) is 60.5 Å². The molecule has 7 heteroatoms. The Hall–Kier alpha value is -0.730. The molecule has 0 aromatic carbocycles. The minimum Gasteiger partial charge on any atom is -0.375 e. The highest BCUT2D eigenvalue weighted by Gasteiger charge is 2.47. The number of likely N-dealkylation sites (tertiary alicyclic amines) is 1. The van der Waals surface area contributed by atoms with E-state index in [-0.39, 0.29) is 24.4 Å². The summed E-state index contributed by atoms with van der Waals surface area (Å²) >= 11 is 0. The van der Waals surface area contributed by atoms with Gasteiger partial charge in [-0.1, -0.05) is 0 Å². The van der Waals surface area contributed by atoms with Crippen molar-refractivity contribution in [2.45, 2.75) is 31.2 Å². The highest BCUT2D eigenvalue weighted by atomic mass is 16.7. The van der Waals surface area contributed by atoms with Crippen LogP contribution in [0.5, 0.6) is 0 Å². The standard InChI is InChI=1S/C16H28N2O5/c1-20-10-14(19)18-6-9-23-16(13-18)11-17(12-16)5-8-22-15-4-2-3-7-21-15/h15H,2-13H2,1H3. The zero-order valence-corrected chi connectivity index (χ0v) is 14.0. The molecule has 0 aliphatic carbocycles. The third-order valence-electron chi connectivity index (χ3n) is 4.74. The Balaban J connectivity index is 1.35. The van der Waals surface area contributed by atoms with Crippen LogP contribution in [0.25, 0.3) is 0 Å². The van der Waals surface area contributed by atoms with E-state index in [0.717, 1.165) is 39.1 Å². The fourth-order valence-electron chi connectivity index (χ4n) is 3.55. The molecule has 1 unspecified atom stereocenters. The van der Waals surface area contributed by atoms with Crippen LogP contribution in [0, 0.1) is 0 Å². The lowest BCUT2D eigenvalue weighted by Crippen LogP contribution is -2.71. The molecule has 1 amide bonds. The average molecular weight is 328 g/mol. The summed E-state index contributed by atoms with van der Waals surface area (Å²) in [5, 5.41) is 0. The van der Waals surface area contributed by atoms with E-state index in [2.05, 4.69) is 4.90 Å². The highest BCUT2D eigenvalue weighted by Crippen LogP contribution is 2.29. The monoisotopic (exact) mass is 328 g/mol. The molecule has 0 bridgehead atoms. The molecule has 3 fully saturated rings. The molecular weight excluding hydrogens is 300 g/mol. The summed E-state index contributed by atoms with van der Waals surface area (Å²) in [7, 11) is 1.55. The molecule has 3 rings (SSSR count). The van der Waals surface area contributed by atoms with Gasteiger partial charge in [-0.3, -0.25) is 9.69 Å². The summed E-state index contributed by atoms with van der Waals surface area (Å²) in [4.78, 5) is 16.1. The van der Waals surface area contributed by atoms with Gasteiger partial charge < -0.3 is 23.8 Å². The molecule has 3 aliphatic heterocycles. The first-order valence-corrected chi connectivity index (χ1v) is 8.57. The van der Waals surface area contributed by atoms with Gasteiger partial charge in [0.2, 0.25) is 5.91 Å². The van der Waals surface area contributed by atoms with E-state index in [1.54, 1.807) is 7.11 Å². The molecule has 0 N–H and O–H groups in total. The quantitative estimate of drug-likeness (QED) is 0.689. The second kappa shape index (κ2) is 7.90. The normalized spacial score (nSPS) is 27.9. The summed E-state index contributed by atoms with van der Waals surface area (Å²) in [6, 6.07) is 0. The molecule has 1 atom stereocenters. The lowest BCUT2D eigenvalue weighted by molar-refractivity contribution is -0.200. The van der Waals surface area contributed by atoms with E-state index in [1.165, 1.54) is 6.42 Å². The molecule has 3 heterocycles. The van der Waals surface area contributed by atoms with Gasteiger partial charge in [0, 0.05) is 39.9 Å². The van der Waals surface area contributed by atoms with Gasteiger partial charge in [-0.25, -0.2) is 0 Å². The average Bonchev–Trinajstić information content (AvgIpc) is 2.55. The predicted molar refractivity (Wildman–Crippen MR) is 83.1 cm³/mol. The highest BCUT2D eigenvalue weighted by molar-refractivity contribution is 5.77. The van der Waals surface area contributed by atoms with Crippen molar-refractivity contribution in [3.8, 4) is 0 Å². The number of rotatable bonds is 6. The van der Waals surface area contributed by atoms with Crippen molar-refractivity contribution < 1.29 is 23.7 Å². The second-order valence-corrected chi connectivity index (χ2v) is 6.66. The van der Waals surface area contributed by atoms with E-state index >= 15 is 0 Å². The number of carbonyl (C=O) groups excluding carboxylic acids is 1. The summed E-state index contributed by atoms with van der Waals surface area (Å²) < 4.78 is 22.2. The number of nitrogens with zero attached hydrogens (tertiary/aromatic N) is 2. The van der Waals surface area contributed by atoms with Gasteiger partial charge >= 0.3 is 0 Å². The Morgan fingerprint density at radius 1 is 1.26 bits per heavy atom. The van der Waals surface area contributed by atoms with Crippen molar-refractivity contribution in [3.05, 3.63) is 0 Å². The second-order valence-electron chi connectivity index (χ2n) is 6.66. The van der Waals surface area contributed by atoms with Crippen LogP contribution in [-0.2, 0) is 23.7 Å². The van der Waals surface area contributed by atoms with Crippen LogP contribution < -0.4 is 0 Å². The van der Waals surface area contributed by atoms with Gasteiger partial charge in [0.25, 0.3) is 0 Å². The molecule has 7 nitrogen and oxygen atoms in total. The zero-order chi connectivity index (χ0) is 16.1. The molecule has 1 spiro atoms. The summed E-state index contributed by atoms with van der Waals surface area (Å²) in [5.74, 6) is 0.0476. The first kappa shape index (κ1) is 17.1. The van der Waals surface area contributed by atoms with Crippen LogP contribution in [0.2, 0.25) is 0 Å². The molecule has 0 saturated carbocycles. The first-order valence-electron chi connectivity index (χ1n) is 8.57. The number of hydrogen-bond donors (Lipinski definition) is 0. The van der Waals surface area contributed by atoms with Crippen molar-refractivity contribution in [2.75, 3.05) is 66.3 Å². The minimum absolute atomic E-state index is 0.0212. The lowest BCUT2D eigenvalue weighted by Gasteiger charge is -2.53. The molecule has 0 radical (unpaired) electrons. The van der Waals surface area contributed by atoms with Gasteiger partial charge in [-0.05, 0) is 19.3 Å². The van der Waals surface area contributed by atoms with E-state index in [0.29, 0.717) is 26.3 Å². The van der Waals surface area contributed by atoms with Gasteiger partial charge in [0.05, 0.1) is 19.8 Å². The molecular formula is C16H28N2O5. The van der Waals surface area contributed by atoms with Crippen molar-refractivity contribution in [1.29, 1.82) is 0 Å². The summed E-state index contributed by atoms with van der Waals surface area (Å²) in [6.45, 7) is 6.19. The Morgan fingerprint density at radius 2 is 2.13 bits per heavy atom. The van der Waals surface area contributed by atoms with Crippen molar-refractivity contribution in [2.24, 2.45) is 0 Å². The molecule has 0 aromatic rings. The molecule has 3 saturated heterocycles. The number of hydrogen-bond acceptors (Lipinski definition) is 6. The van der Waals surface area contributed by atoms with Gasteiger partial charge in [0.15, 0.2) is 6.29 Å². The van der Waals surface area contributed by atoms with Crippen LogP contribution >= 0.6 is 0 Å². The van der Waals surface area contributed by atoms with E-state index in [4.69, 9.17) is 18.9 Å². The number of morpholine rings is 1. The molecule has 3 aliphatic rings. The summed E-state index contributed by atoms with van der Waals surface area (Å²) in [6.07, 6.45) is 3.32. The van der Waals surface area contributed by atoms with E-state index in [1.807, 2.05) is 4.90 Å². The molecule has 0 aromatic heterocycles. The van der Waals surface area contributed by atoms with Crippen molar-refractivity contribution in [1.82, 2.24) is 9.80 Å². The summed E-state index contributed by atoms with van der Waals surface area (Å²) in [5.41, 5.74) is -0.191. The Labute approximate surface area is 137 Å². The van der Waals surface area contributed by atoms with Crippen LogP contribution in [0.3, 0.4) is 0 Å². The van der Waals surface area contributed by atoms with Crippen LogP contribution in [0.4, 0.5) is 0 Å². The van der Waals surface area contributed by atoms with Crippen LogP contribution in [-0.4, -0.2) is 93.9 Å². The largest absolute Gasteiger partial charge is 0.375 e. The molecule has 132 valence electrons. The number of amides is 1. The number of carbonyl (C=O) groups is 1. The Bertz CT molecular complexity index is 394. The number of methoxy groups -OCH3 is 1. The Kier molecular flexibility index (Phi) is 5.87. The van der Waals surface area contributed by atoms with Crippen molar-refractivity contribution >= 4 is 5.91 Å². The van der Waals surface area contributed by atoms with Crippen molar-refractivity contribution in [3.63, 3.8) is 0 Å². The zero-order valence-electron chi connectivity index (χ0n) is 14.0. The van der Waals surface area contributed by atoms with Gasteiger partial charge in [0.1, 0.15) is 12.2 Å². The number of ether oxygens (including phenoxy) is 4. The first-order chi connectivity index (χ1) is 11.2. The van der Waals surface area contributed by atoms with Crippen LogP contribution in [0.1, 0.15) is 19.3 Å². The molecule has 23 heavy (non-hydrogen) atoms. The fraction of sp³-hybridized carbons (Fsp3) is 0.938. The smallest absolute Gasteiger partial charge is 0.248 e. The maximum absolute atomic E-state index is 12.0. The minimum atomic E-state index is -0.191. The maximum Gasteiger partial charge on any atom is 0.248 e. The third-order valence-corrected chi connectivity index (χ3v) is 4.74. The maximum atomic E-state index is 12.0. The van der Waals surface area contributed by atoms with E-state index in [9.17, 15) is 4.79 Å². The lowest BCUT2D eigenvalue weighted by atomic mass is 9.91. The third kappa shape index (κ3) is 4.42.